The summed E-state index contributed by atoms with van der Waals surface area (Å²) in [5.41, 5.74) is 6.65. The number of aromatic nitrogens is 2. The number of thiophene rings is 1. The first-order chi connectivity index (χ1) is 9.44. The molecule has 0 saturated heterocycles. The molecule has 1 aromatic carbocycles. The van der Waals surface area contributed by atoms with Crippen LogP contribution in [0.4, 0.5) is 18.2 Å². The van der Waals surface area contributed by atoms with Crippen molar-refractivity contribution in [1.82, 2.24) is 9.55 Å². The zero-order valence-corrected chi connectivity index (χ0v) is 11.0. The topological polar surface area (TPSA) is 43.8 Å². The molecule has 0 radical (unpaired) electrons. The number of hydrogen-bond donors (Lipinski definition) is 1. The van der Waals surface area contributed by atoms with E-state index in [0.717, 1.165) is 0 Å². The first-order valence-corrected chi connectivity index (χ1v) is 6.63. The van der Waals surface area contributed by atoms with E-state index in [1.54, 1.807) is 36.4 Å². The van der Waals surface area contributed by atoms with E-state index in [0.29, 0.717) is 26.7 Å². The van der Waals surface area contributed by atoms with Crippen LogP contribution in [0.25, 0.3) is 21.7 Å². The Hall–Kier alpha value is -2.02. The molecule has 0 aliphatic carbocycles. The summed E-state index contributed by atoms with van der Waals surface area (Å²) < 4.78 is 39.5. The van der Waals surface area contributed by atoms with Gasteiger partial charge in [0.1, 0.15) is 6.54 Å². The van der Waals surface area contributed by atoms with Gasteiger partial charge in [-0.3, -0.25) is 0 Å². The number of imidazole rings is 1. The lowest BCUT2D eigenvalue weighted by Crippen LogP contribution is -2.18. The largest absolute Gasteiger partial charge is 0.406 e. The molecule has 0 fully saturated rings. The second-order valence-corrected chi connectivity index (χ2v) is 5.44. The third-order valence-electron chi connectivity index (χ3n) is 2.84. The molecule has 104 valence electrons. The minimum Gasteiger partial charge on any atom is -0.391 e. The molecule has 0 bridgehead atoms. The Bertz CT molecular complexity index is 758. The van der Waals surface area contributed by atoms with E-state index in [4.69, 9.17) is 5.73 Å². The smallest absolute Gasteiger partial charge is 0.391 e. The van der Waals surface area contributed by atoms with E-state index in [2.05, 4.69) is 4.98 Å². The Balaban J connectivity index is 2.22. The maximum atomic E-state index is 12.8. The molecule has 7 heteroatoms. The standard InChI is InChI=1S/C13H10F3N3S/c14-13(15,16)7-19-9-4-2-1-3-8(9)18-12(19)10-5-6-11(17)20-10/h1-6H,7,17H2. The highest BCUT2D eigenvalue weighted by Crippen LogP contribution is 2.33. The Morgan fingerprint density at radius 3 is 2.55 bits per heavy atom. The number of halogens is 3. The quantitative estimate of drug-likeness (QED) is 0.779. The van der Waals surface area contributed by atoms with Gasteiger partial charge in [0, 0.05) is 0 Å². The number of fused-ring (bicyclic) bond motifs is 1. The van der Waals surface area contributed by atoms with Crippen LogP contribution in [-0.2, 0) is 6.54 Å². The van der Waals surface area contributed by atoms with Crippen molar-refractivity contribution in [3.63, 3.8) is 0 Å². The van der Waals surface area contributed by atoms with E-state index in [9.17, 15) is 13.2 Å². The summed E-state index contributed by atoms with van der Waals surface area (Å²) in [6.07, 6.45) is -4.30. The zero-order chi connectivity index (χ0) is 14.3. The van der Waals surface area contributed by atoms with Crippen molar-refractivity contribution in [3.8, 4) is 10.7 Å². The van der Waals surface area contributed by atoms with Crippen LogP contribution in [-0.4, -0.2) is 15.7 Å². The van der Waals surface area contributed by atoms with Crippen molar-refractivity contribution in [2.45, 2.75) is 12.7 Å². The van der Waals surface area contributed by atoms with Crippen LogP contribution in [0.1, 0.15) is 0 Å². The van der Waals surface area contributed by atoms with Crippen molar-refractivity contribution in [1.29, 1.82) is 0 Å². The zero-order valence-electron chi connectivity index (χ0n) is 10.2. The number of benzene rings is 1. The third-order valence-corrected chi connectivity index (χ3v) is 3.75. The van der Waals surface area contributed by atoms with Crippen LogP contribution >= 0.6 is 11.3 Å². The first-order valence-electron chi connectivity index (χ1n) is 5.82. The number of anilines is 1. The number of rotatable bonds is 2. The van der Waals surface area contributed by atoms with E-state index >= 15 is 0 Å². The lowest BCUT2D eigenvalue weighted by Gasteiger charge is -2.11. The highest BCUT2D eigenvalue weighted by atomic mass is 32.1. The number of nitrogens with zero attached hydrogens (tertiary/aromatic N) is 2. The molecule has 2 N–H and O–H groups in total. The highest BCUT2D eigenvalue weighted by molar-refractivity contribution is 7.19. The predicted octanol–water partition coefficient (Wildman–Crippen LogP) is 3.91. The van der Waals surface area contributed by atoms with Crippen molar-refractivity contribution in [3.05, 3.63) is 36.4 Å². The van der Waals surface area contributed by atoms with Gasteiger partial charge in [-0.1, -0.05) is 12.1 Å². The lowest BCUT2D eigenvalue weighted by atomic mass is 10.3. The van der Waals surface area contributed by atoms with Gasteiger partial charge in [0.05, 0.1) is 20.9 Å². The molecule has 0 spiro atoms. The second-order valence-electron chi connectivity index (χ2n) is 4.33. The van der Waals surface area contributed by atoms with Gasteiger partial charge in [-0.2, -0.15) is 13.2 Å². The summed E-state index contributed by atoms with van der Waals surface area (Å²) in [6.45, 7) is -1.07. The Kier molecular flexibility index (Phi) is 2.93. The van der Waals surface area contributed by atoms with E-state index in [-0.39, 0.29) is 0 Å². The van der Waals surface area contributed by atoms with Crippen molar-refractivity contribution >= 4 is 27.4 Å². The molecule has 0 unspecified atom stereocenters. The van der Waals surface area contributed by atoms with Crippen LogP contribution in [0.2, 0.25) is 0 Å². The summed E-state index contributed by atoms with van der Waals surface area (Å²) in [4.78, 5) is 4.93. The number of nitrogens with two attached hydrogens (primary N) is 1. The summed E-state index contributed by atoms with van der Waals surface area (Å²) in [7, 11) is 0. The lowest BCUT2D eigenvalue weighted by molar-refractivity contribution is -0.139. The Morgan fingerprint density at radius 2 is 1.90 bits per heavy atom. The number of para-hydroxylation sites is 2. The average Bonchev–Trinajstić information content (AvgIpc) is 2.93. The molecule has 2 aromatic heterocycles. The van der Waals surface area contributed by atoms with Crippen LogP contribution in [0, 0.1) is 0 Å². The minimum atomic E-state index is -4.30. The van der Waals surface area contributed by atoms with Gasteiger partial charge in [0.2, 0.25) is 0 Å². The van der Waals surface area contributed by atoms with Gasteiger partial charge in [-0.05, 0) is 24.3 Å². The van der Waals surface area contributed by atoms with Crippen LogP contribution < -0.4 is 5.73 Å². The van der Waals surface area contributed by atoms with E-state index in [1.807, 2.05) is 0 Å². The third kappa shape index (κ3) is 2.36. The molecular weight excluding hydrogens is 287 g/mol. The number of alkyl halides is 3. The van der Waals surface area contributed by atoms with Crippen molar-refractivity contribution in [2.24, 2.45) is 0 Å². The fourth-order valence-corrected chi connectivity index (χ4v) is 2.85. The van der Waals surface area contributed by atoms with Gasteiger partial charge >= 0.3 is 6.18 Å². The molecule has 0 aliphatic heterocycles. The fourth-order valence-electron chi connectivity index (χ4n) is 2.08. The second kappa shape index (κ2) is 4.52. The van der Waals surface area contributed by atoms with Gasteiger partial charge in [0.25, 0.3) is 0 Å². The van der Waals surface area contributed by atoms with E-state index in [1.165, 1.54) is 15.9 Å². The fraction of sp³-hybridized carbons (Fsp3) is 0.154. The van der Waals surface area contributed by atoms with Gasteiger partial charge in [0.15, 0.2) is 5.82 Å². The maximum Gasteiger partial charge on any atom is 0.406 e. The van der Waals surface area contributed by atoms with Crippen LogP contribution in [0.3, 0.4) is 0 Å². The maximum absolute atomic E-state index is 12.8. The highest BCUT2D eigenvalue weighted by Gasteiger charge is 2.30. The Labute approximate surface area is 116 Å². The molecule has 20 heavy (non-hydrogen) atoms. The Morgan fingerprint density at radius 1 is 1.15 bits per heavy atom. The van der Waals surface area contributed by atoms with Gasteiger partial charge in [-0.15, -0.1) is 11.3 Å². The molecule has 2 heterocycles. The van der Waals surface area contributed by atoms with Crippen molar-refractivity contribution < 1.29 is 13.2 Å². The van der Waals surface area contributed by atoms with Crippen LogP contribution in [0.5, 0.6) is 0 Å². The van der Waals surface area contributed by atoms with E-state index < -0.39 is 12.7 Å². The molecule has 0 atom stereocenters. The molecule has 3 rings (SSSR count). The SMILES string of the molecule is Nc1ccc(-c2nc3ccccc3n2CC(F)(F)F)s1. The predicted molar refractivity (Wildman–Crippen MR) is 73.5 cm³/mol. The normalized spacial score (nSPS) is 12.2. The molecule has 0 aliphatic rings. The minimum absolute atomic E-state index is 0.297. The first kappa shape index (κ1) is 13.0. The molecule has 0 amide bonds. The van der Waals surface area contributed by atoms with Gasteiger partial charge in [-0.25, -0.2) is 4.98 Å². The summed E-state index contributed by atoms with van der Waals surface area (Å²) >= 11 is 1.22. The molecular formula is C13H10F3N3S. The summed E-state index contributed by atoms with van der Waals surface area (Å²) in [5.74, 6) is 0.297. The molecule has 0 saturated carbocycles. The monoisotopic (exact) mass is 297 g/mol. The van der Waals surface area contributed by atoms with Gasteiger partial charge < -0.3 is 10.3 Å². The number of hydrogen-bond acceptors (Lipinski definition) is 3. The average molecular weight is 297 g/mol. The summed E-state index contributed by atoms with van der Waals surface area (Å²) in [6, 6.07) is 10.1. The molecule has 3 aromatic rings. The van der Waals surface area contributed by atoms with Crippen molar-refractivity contribution in [2.75, 3.05) is 5.73 Å². The molecule has 3 nitrogen and oxygen atoms in total. The summed E-state index contributed by atoms with van der Waals surface area (Å²) in [5, 5.41) is 0.547. The van der Waals surface area contributed by atoms with Crippen LogP contribution in [0.15, 0.2) is 36.4 Å². The number of nitrogen functional groups attached to an aromatic ring is 1.